The number of nitrogens with two attached hydrogens (primary N) is 1. The van der Waals surface area contributed by atoms with Gasteiger partial charge in [-0.3, -0.25) is 4.79 Å². The van der Waals surface area contributed by atoms with Gasteiger partial charge in [0, 0.05) is 11.8 Å². The van der Waals surface area contributed by atoms with Gasteiger partial charge >= 0.3 is 11.9 Å². The fourth-order valence-electron chi connectivity index (χ4n) is 1.56. The predicted octanol–water partition coefficient (Wildman–Crippen LogP) is -0.291. The second-order valence-corrected chi connectivity index (χ2v) is 4.03. The number of carboxylic acid groups (broad SMARTS) is 1. The van der Waals surface area contributed by atoms with E-state index >= 15 is 0 Å². The zero-order valence-corrected chi connectivity index (χ0v) is 10.8. The highest BCUT2D eigenvalue weighted by Gasteiger charge is 2.23. The van der Waals surface area contributed by atoms with E-state index in [1.165, 1.54) is 6.07 Å². The third-order valence-electron chi connectivity index (χ3n) is 2.53. The van der Waals surface area contributed by atoms with Crippen LogP contribution in [0.3, 0.4) is 0 Å². The second kappa shape index (κ2) is 6.83. The van der Waals surface area contributed by atoms with Crippen LogP contribution in [0.2, 0.25) is 0 Å². The molecule has 0 saturated heterocycles. The van der Waals surface area contributed by atoms with E-state index in [1.54, 1.807) is 6.92 Å². The summed E-state index contributed by atoms with van der Waals surface area (Å²) in [5.41, 5.74) is 5.11. The van der Waals surface area contributed by atoms with Crippen LogP contribution >= 0.6 is 0 Å². The van der Waals surface area contributed by atoms with Crippen LogP contribution in [0.15, 0.2) is 12.3 Å². The maximum Gasteiger partial charge on any atom is 0.356 e. The zero-order chi connectivity index (χ0) is 15.3. The van der Waals surface area contributed by atoms with Crippen molar-refractivity contribution in [2.75, 3.05) is 12.3 Å². The average molecular weight is 284 g/mol. The number of carbonyl (C=O) groups excluding carboxylic acids is 1. The highest BCUT2D eigenvalue weighted by Crippen LogP contribution is 2.22. The van der Waals surface area contributed by atoms with E-state index in [4.69, 9.17) is 10.8 Å². The SMILES string of the molecule is CCOC(=O)CC(O)C(O)c1cnc(C(=O)O)c(N)c1. The molecule has 1 aromatic rings. The molecule has 5 N–H and O–H groups in total. The summed E-state index contributed by atoms with van der Waals surface area (Å²) in [6.07, 6.45) is -2.13. The Morgan fingerprint density at radius 1 is 1.45 bits per heavy atom. The first-order chi connectivity index (χ1) is 9.36. The fraction of sp³-hybridized carbons (Fsp3) is 0.417. The van der Waals surface area contributed by atoms with Crippen molar-refractivity contribution in [3.05, 3.63) is 23.5 Å². The van der Waals surface area contributed by atoms with E-state index in [9.17, 15) is 19.8 Å². The number of pyridine rings is 1. The minimum absolute atomic E-state index is 0.115. The molecule has 1 heterocycles. The van der Waals surface area contributed by atoms with Gasteiger partial charge < -0.3 is 25.8 Å². The van der Waals surface area contributed by atoms with Crippen LogP contribution in [0.5, 0.6) is 0 Å². The molecule has 0 spiro atoms. The molecular weight excluding hydrogens is 268 g/mol. The summed E-state index contributed by atoms with van der Waals surface area (Å²) in [5, 5.41) is 28.3. The molecule has 0 fully saturated rings. The van der Waals surface area contributed by atoms with Crippen LogP contribution in [0, 0.1) is 0 Å². The molecule has 0 radical (unpaired) electrons. The van der Waals surface area contributed by atoms with Gasteiger partial charge in [0.1, 0.15) is 6.10 Å². The summed E-state index contributed by atoms with van der Waals surface area (Å²) in [7, 11) is 0. The van der Waals surface area contributed by atoms with Crippen molar-refractivity contribution in [1.29, 1.82) is 0 Å². The van der Waals surface area contributed by atoms with E-state index < -0.39 is 30.6 Å². The number of esters is 1. The zero-order valence-electron chi connectivity index (χ0n) is 10.8. The van der Waals surface area contributed by atoms with E-state index in [-0.39, 0.29) is 23.6 Å². The van der Waals surface area contributed by atoms with E-state index in [1.807, 2.05) is 0 Å². The van der Waals surface area contributed by atoms with E-state index in [0.717, 1.165) is 6.20 Å². The van der Waals surface area contributed by atoms with Crippen molar-refractivity contribution in [2.24, 2.45) is 0 Å². The number of anilines is 1. The Morgan fingerprint density at radius 2 is 2.10 bits per heavy atom. The fourth-order valence-corrected chi connectivity index (χ4v) is 1.56. The molecule has 0 saturated carbocycles. The van der Waals surface area contributed by atoms with Crippen molar-refractivity contribution in [3.63, 3.8) is 0 Å². The van der Waals surface area contributed by atoms with E-state index in [2.05, 4.69) is 9.72 Å². The quantitative estimate of drug-likeness (QED) is 0.522. The number of carboxylic acids is 1. The first-order valence-electron chi connectivity index (χ1n) is 5.87. The second-order valence-electron chi connectivity index (χ2n) is 4.03. The van der Waals surface area contributed by atoms with Crippen molar-refractivity contribution >= 4 is 17.6 Å². The van der Waals surface area contributed by atoms with Gasteiger partial charge in [-0.1, -0.05) is 0 Å². The van der Waals surface area contributed by atoms with Gasteiger partial charge in [0.25, 0.3) is 0 Å². The molecule has 0 aliphatic carbocycles. The van der Waals surface area contributed by atoms with Gasteiger partial charge in [0.15, 0.2) is 5.69 Å². The van der Waals surface area contributed by atoms with E-state index in [0.29, 0.717) is 0 Å². The maximum atomic E-state index is 11.2. The summed E-state index contributed by atoms with van der Waals surface area (Å²) < 4.78 is 4.64. The van der Waals surface area contributed by atoms with Crippen LogP contribution in [-0.2, 0) is 9.53 Å². The molecule has 8 heteroatoms. The smallest absolute Gasteiger partial charge is 0.356 e. The molecule has 1 aromatic heterocycles. The number of rotatable bonds is 6. The van der Waals surface area contributed by atoms with Crippen LogP contribution in [-0.4, -0.2) is 45.0 Å². The minimum Gasteiger partial charge on any atom is -0.476 e. The highest BCUT2D eigenvalue weighted by atomic mass is 16.5. The topological polar surface area (TPSA) is 143 Å². The number of nitrogen functional groups attached to an aromatic ring is 1. The summed E-state index contributed by atoms with van der Waals surface area (Å²) in [4.78, 5) is 25.5. The first kappa shape index (κ1) is 15.9. The van der Waals surface area contributed by atoms with Crippen molar-refractivity contribution in [2.45, 2.75) is 25.6 Å². The molecule has 1 rings (SSSR count). The van der Waals surface area contributed by atoms with Crippen LogP contribution in [0.1, 0.15) is 35.5 Å². The van der Waals surface area contributed by atoms with Crippen LogP contribution < -0.4 is 5.73 Å². The lowest BCUT2D eigenvalue weighted by atomic mass is 10.0. The Kier molecular flexibility index (Phi) is 5.42. The molecule has 8 nitrogen and oxygen atoms in total. The molecule has 20 heavy (non-hydrogen) atoms. The van der Waals surface area contributed by atoms with Gasteiger partial charge in [-0.25, -0.2) is 9.78 Å². The molecule has 2 atom stereocenters. The van der Waals surface area contributed by atoms with Gasteiger partial charge in [-0.05, 0) is 13.0 Å². The number of aliphatic hydroxyl groups is 2. The Labute approximate surface area is 114 Å². The van der Waals surface area contributed by atoms with Gasteiger partial charge in [0.05, 0.1) is 24.8 Å². The van der Waals surface area contributed by atoms with Crippen molar-refractivity contribution in [3.8, 4) is 0 Å². The molecule has 0 amide bonds. The van der Waals surface area contributed by atoms with Crippen LogP contribution in [0.25, 0.3) is 0 Å². The molecule has 0 aromatic carbocycles. The number of nitrogens with zero attached hydrogens (tertiary/aromatic N) is 1. The molecule has 2 unspecified atom stereocenters. The molecule has 110 valence electrons. The number of aromatic carboxylic acids is 1. The Bertz CT molecular complexity index is 505. The number of hydrogen-bond acceptors (Lipinski definition) is 7. The van der Waals surface area contributed by atoms with Crippen LogP contribution in [0.4, 0.5) is 5.69 Å². The van der Waals surface area contributed by atoms with Gasteiger partial charge in [-0.2, -0.15) is 0 Å². The normalized spacial score (nSPS) is 13.6. The summed E-state index contributed by atoms with van der Waals surface area (Å²) in [6, 6.07) is 1.19. The van der Waals surface area contributed by atoms with Gasteiger partial charge in [-0.15, -0.1) is 0 Å². The minimum atomic E-state index is -1.42. The number of carbonyl (C=O) groups is 2. The first-order valence-corrected chi connectivity index (χ1v) is 5.87. The Balaban J connectivity index is 2.81. The third kappa shape index (κ3) is 3.90. The Hall–Kier alpha value is -2.19. The monoisotopic (exact) mass is 284 g/mol. The standard InChI is InChI=1S/C12H16N2O6/c1-2-20-9(16)4-8(15)11(17)6-3-7(13)10(12(18)19)14-5-6/h3,5,8,11,15,17H,2,4,13H2,1H3,(H,18,19). The summed E-state index contributed by atoms with van der Waals surface area (Å²) in [5.74, 6) is -1.95. The lowest BCUT2D eigenvalue weighted by Gasteiger charge is -2.17. The van der Waals surface area contributed by atoms with Crippen molar-refractivity contribution in [1.82, 2.24) is 4.98 Å². The summed E-state index contributed by atoms with van der Waals surface area (Å²) in [6.45, 7) is 1.79. The summed E-state index contributed by atoms with van der Waals surface area (Å²) >= 11 is 0. The molecule has 0 aliphatic heterocycles. The lowest BCUT2D eigenvalue weighted by molar-refractivity contribution is -0.147. The largest absolute Gasteiger partial charge is 0.476 e. The predicted molar refractivity (Wildman–Crippen MR) is 67.8 cm³/mol. The van der Waals surface area contributed by atoms with Gasteiger partial charge in [0.2, 0.25) is 0 Å². The molecule has 0 bridgehead atoms. The number of aromatic nitrogens is 1. The number of hydrogen-bond donors (Lipinski definition) is 4. The number of aliphatic hydroxyl groups excluding tert-OH is 2. The lowest BCUT2D eigenvalue weighted by Crippen LogP contribution is -2.23. The molecular formula is C12H16N2O6. The van der Waals surface area contributed by atoms with Crippen molar-refractivity contribution < 1.29 is 29.6 Å². The average Bonchev–Trinajstić information content (AvgIpc) is 2.37. The molecule has 0 aliphatic rings. The number of ether oxygens (including phenoxy) is 1. The Morgan fingerprint density at radius 3 is 2.60 bits per heavy atom. The highest BCUT2D eigenvalue weighted by molar-refractivity contribution is 5.91. The third-order valence-corrected chi connectivity index (χ3v) is 2.53. The maximum absolute atomic E-state index is 11.2.